The monoisotopic (exact) mass is 541 g/mol. The first kappa shape index (κ1) is 27.7. The second kappa shape index (κ2) is 11.9. The van der Waals surface area contributed by atoms with Gasteiger partial charge in [0.05, 0.1) is 50.0 Å². The third-order valence-corrected chi connectivity index (χ3v) is 8.67. The highest BCUT2D eigenvalue weighted by atomic mass is 32.2. The molecular weight excluding hydrogens is 510 g/mol. The summed E-state index contributed by atoms with van der Waals surface area (Å²) in [6.07, 6.45) is 1.34. The molecule has 0 bridgehead atoms. The van der Waals surface area contributed by atoms with Crippen molar-refractivity contribution >= 4 is 37.3 Å². The normalized spacial score (nSPS) is 14.8. The average Bonchev–Trinajstić information content (AvgIpc) is 2.86. The quantitative estimate of drug-likeness (QED) is 0.456. The number of methoxy groups -OCH3 is 2. The van der Waals surface area contributed by atoms with Crippen LogP contribution in [0.3, 0.4) is 0 Å². The van der Waals surface area contributed by atoms with Gasteiger partial charge in [-0.15, -0.1) is 0 Å². The number of sulfonamides is 2. The van der Waals surface area contributed by atoms with Gasteiger partial charge in [-0.25, -0.2) is 16.8 Å². The summed E-state index contributed by atoms with van der Waals surface area (Å²) in [7, 11) is -4.40. The van der Waals surface area contributed by atoms with Crippen molar-refractivity contribution in [2.24, 2.45) is 0 Å². The van der Waals surface area contributed by atoms with Gasteiger partial charge in [0.1, 0.15) is 11.5 Å². The molecule has 0 aromatic heterocycles. The molecule has 3 rings (SSSR count). The Kier molecular flexibility index (Phi) is 9.17. The van der Waals surface area contributed by atoms with Gasteiger partial charge in [-0.2, -0.15) is 4.31 Å². The van der Waals surface area contributed by atoms with Gasteiger partial charge in [-0.05, 0) is 48.9 Å². The van der Waals surface area contributed by atoms with E-state index in [1.807, 2.05) is 0 Å². The van der Waals surface area contributed by atoms with Crippen LogP contribution in [0.25, 0.3) is 0 Å². The van der Waals surface area contributed by atoms with E-state index in [-0.39, 0.29) is 43.1 Å². The highest BCUT2D eigenvalue weighted by Gasteiger charge is 2.27. The second-order valence-corrected chi connectivity index (χ2v) is 11.9. The van der Waals surface area contributed by atoms with Crippen LogP contribution in [0.5, 0.6) is 11.5 Å². The molecule has 11 nitrogen and oxygen atoms in total. The maximum absolute atomic E-state index is 13.0. The minimum absolute atomic E-state index is 0.00572. The zero-order valence-corrected chi connectivity index (χ0v) is 22.1. The van der Waals surface area contributed by atoms with Crippen molar-refractivity contribution in [3.63, 3.8) is 0 Å². The summed E-state index contributed by atoms with van der Waals surface area (Å²) < 4.78 is 68.8. The van der Waals surface area contributed by atoms with Crippen molar-refractivity contribution in [3.05, 3.63) is 42.5 Å². The Hall–Kier alpha value is -2.87. The van der Waals surface area contributed by atoms with Gasteiger partial charge in [-0.1, -0.05) is 0 Å². The fourth-order valence-corrected chi connectivity index (χ4v) is 6.11. The molecular formula is C23H31N3O8S2. The van der Waals surface area contributed by atoms with E-state index in [9.17, 15) is 21.6 Å². The Balaban J connectivity index is 1.68. The molecule has 0 atom stereocenters. The van der Waals surface area contributed by atoms with Crippen LogP contribution in [0.1, 0.15) is 12.8 Å². The molecule has 0 aliphatic carbocycles. The fraction of sp³-hybridized carbons (Fsp3) is 0.435. The van der Waals surface area contributed by atoms with E-state index >= 15 is 0 Å². The Morgan fingerprint density at radius 3 is 2.28 bits per heavy atom. The number of amides is 1. The van der Waals surface area contributed by atoms with Crippen LogP contribution in [-0.4, -0.2) is 80.4 Å². The van der Waals surface area contributed by atoms with Crippen LogP contribution in [0.15, 0.2) is 47.4 Å². The van der Waals surface area contributed by atoms with Crippen molar-refractivity contribution in [2.45, 2.75) is 17.7 Å². The number of carbonyl (C=O) groups is 1. The predicted molar refractivity (Wildman–Crippen MR) is 136 cm³/mol. The van der Waals surface area contributed by atoms with Crippen LogP contribution >= 0.6 is 0 Å². The fourth-order valence-electron chi connectivity index (χ4n) is 3.71. The molecule has 13 heteroatoms. The summed E-state index contributed by atoms with van der Waals surface area (Å²) in [5.74, 6) is 0.496. The molecule has 0 spiro atoms. The van der Waals surface area contributed by atoms with E-state index in [1.165, 1.54) is 41.0 Å². The van der Waals surface area contributed by atoms with Crippen molar-refractivity contribution in [2.75, 3.05) is 62.9 Å². The summed E-state index contributed by atoms with van der Waals surface area (Å²) in [5.41, 5.74) is 0.674. The summed E-state index contributed by atoms with van der Waals surface area (Å²) in [4.78, 5) is 12.7. The van der Waals surface area contributed by atoms with Gasteiger partial charge in [-0.3, -0.25) is 9.10 Å². The van der Waals surface area contributed by atoms with Crippen LogP contribution in [-0.2, 0) is 29.6 Å². The smallest absolute Gasteiger partial charge is 0.243 e. The summed E-state index contributed by atoms with van der Waals surface area (Å²) in [5, 5.41) is 2.69. The molecule has 1 fully saturated rings. The minimum Gasteiger partial charge on any atom is -0.497 e. The first-order valence-electron chi connectivity index (χ1n) is 11.2. The number of hydrogen-bond acceptors (Lipinski definition) is 8. The molecule has 1 heterocycles. The molecule has 0 radical (unpaired) electrons. The molecule has 0 saturated carbocycles. The Bertz CT molecular complexity index is 1260. The topological polar surface area (TPSA) is 132 Å². The van der Waals surface area contributed by atoms with Crippen LogP contribution in [0, 0.1) is 0 Å². The van der Waals surface area contributed by atoms with E-state index in [2.05, 4.69) is 5.32 Å². The second-order valence-electron chi connectivity index (χ2n) is 8.06. The predicted octanol–water partition coefficient (Wildman–Crippen LogP) is 1.91. The lowest BCUT2D eigenvalue weighted by molar-refractivity contribution is -0.116. The van der Waals surface area contributed by atoms with Crippen molar-refractivity contribution in [1.29, 1.82) is 0 Å². The molecule has 1 aliphatic rings. The van der Waals surface area contributed by atoms with Crippen LogP contribution in [0.2, 0.25) is 0 Å². The van der Waals surface area contributed by atoms with E-state index < -0.39 is 26.0 Å². The standard InChI is InChI=1S/C23H31N3O8S2/c1-32-19-8-6-18(7-9-19)26(35(3,28)29)12-4-5-23(27)24-21-17-20(10-11-22(21)33-2)36(30,31)25-13-15-34-16-14-25/h6-11,17H,4-5,12-16H2,1-3H3,(H,24,27). The van der Waals surface area contributed by atoms with Crippen molar-refractivity contribution < 1.29 is 35.8 Å². The number of nitrogens with one attached hydrogen (secondary N) is 1. The van der Waals surface area contributed by atoms with E-state index in [1.54, 1.807) is 24.3 Å². The molecule has 1 aliphatic heterocycles. The molecule has 1 amide bonds. The summed E-state index contributed by atoms with van der Waals surface area (Å²) in [6, 6.07) is 10.9. The van der Waals surface area contributed by atoms with Gasteiger partial charge in [0, 0.05) is 26.1 Å². The first-order valence-corrected chi connectivity index (χ1v) is 14.5. The highest BCUT2D eigenvalue weighted by molar-refractivity contribution is 7.92. The lowest BCUT2D eigenvalue weighted by Gasteiger charge is -2.26. The molecule has 2 aromatic carbocycles. The molecule has 0 unspecified atom stereocenters. The molecule has 198 valence electrons. The van der Waals surface area contributed by atoms with Gasteiger partial charge >= 0.3 is 0 Å². The molecule has 1 N–H and O–H groups in total. The lowest BCUT2D eigenvalue weighted by atomic mass is 10.2. The summed E-state index contributed by atoms with van der Waals surface area (Å²) >= 11 is 0. The van der Waals surface area contributed by atoms with Gasteiger partial charge in [0.15, 0.2) is 0 Å². The van der Waals surface area contributed by atoms with E-state index in [0.717, 1.165) is 6.26 Å². The number of carbonyl (C=O) groups excluding carboxylic acids is 1. The van der Waals surface area contributed by atoms with Gasteiger partial charge in [0.25, 0.3) is 0 Å². The van der Waals surface area contributed by atoms with Crippen LogP contribution in [0.4, 0.5) is 11.4 Å². The molecule has 1 saturated heterocycles. The third kappa shape index (κ3) is 6.87. The number of ether oxygens (including phenoxy) is 3. The first-order chi connectivity index (χ1) is 17.1. The SMILES string of the molecule is COc1ccc(N(CCCC(=O)Nc2cc(S(=O)(=O)N3CCOCC3)ccc2OC)S(C)(=O)=O)cc1. The highest BCUT2D eigenvalue weighted by Crippen LogP contribution is 2.29. The van der Waals surface area contributed by atoms with E-state index in [0.29, 0.717) is 30.4 Å². The average molecular weight is 542 g/mol. The molecule has 36 heavy (non-hydrogen) atoms. The number of anilines is 2. The largest absolute Gasteiger partial charge is 0.497 e. The van der Waals surface area contributed by atoms with E-state index in [4.69, 9.17) is 14.2 Å². The number of benzene rings is 2. The maximum atomic E-state index is 13.0. The van der Waals surface area contributed by atoms with Crippen molar-refractivity contribution in [1.82, 2.24) is 4.31 Å². The lowest BCUT2D eigenvalue weighted by Crippen LogP contribution is -2.40. The summed E-state index contributed by atoms with van der Waals surface area (Å²) in [6.45, 7) is 1.23. The van der Waals surface area contributed by atoms with Gasteiger partial charge < -0.3 is 19.5 Å². The number of rotatable bonds is 11. The zero-order chi connectivity index (χ0) is 26.3. The zero-order valence-electron chi connectivity index (χ0n) is 20.5. The third-order valence-electron chi connectivity index (χ3n) is 5.58. The maximum Gasteiger partial charge on any atom is 0.243 e. The Morgan fingerprint density at radius 2 is 1.69 bits per heavy atom. The minimum atomic E-state index is -3.76. The number of hydrogen-bond donors (Lipinski definition) is 1. The number of morpholine rings is 1. The Labute approximate surface area is 212 Å². The van der Waals surface area contributed by atoms with Crippen molar-refractivity contribution in [3.8, 4) is 11.5 Å². The number of nitrogens with zero attached hydrogens (tertiary/aromatic N) is 2. The Morgan fingerprint density at radius 1 is 1.03 bits per heavy atom. The van der Waals surface area contributed by atoms with Crippen LogP contribution < -0.4 is 19.1 Å². The molecule has 2 aromatic rings. The van der Waals surface area contributed by atoms with Gasteiger partial charge in [0.2, 0.25) is 26.0 Å².